The second kappa shape index (κ2) is 5.41. The number of hydrogen-bond donors (Lipinski definition) is 0. The van der Waals surface area contributed by atoms with Gasteiger partial charge in [-0.1, -0.05) is 28.1 Å². The lowest BCUT2D eigenvalue weighted by Crippen LogP contribution is -2.08. The molecule has 2 nitrogen and oxygen atoms in total. The van der Waals surface area contributed by atoms with Crippen molar-refractivity contribution in [2.45, 2.75) is 12.7 Å². The Bertz CT molecular complexity index is 346. The van der Waals surface area contributed by atoms with E-state index in [0.29, 0.717) is 5.75 Å². The van der Waals surface area contributed by atoms with Crippen LogP contribution >= 0.6 is 15.9 Å². The average molecular weight is 275 g/mol. The third-order valence-corrected chi connectivity index (χ3v) is 3.52. The van der Waals surface area contributed by atoms with Crippen LogP contribution in [-0.2, 0) is 21.3 Å². The van der Waals surface area contributed by atoms with Gasteiger partial charge in [-0.05, 0) is 24.6 Å². The van der Waals surface area contributed by atoms with E-state index in [-0.39, 0.29) is 11.5 Å². The van der Waals surface area contributed by atoms with Gasteiger partial charge in [0, 0.05) is 21.0 Å². The molecule has 0 aliphatic heterocycles. The van der Waals surface area contributed by atoms with E-state index in [1.807, 2.05) is 24.3 Å². The molecule has 0 aliphatic rings. The highest BCUT2D eigenvalue weighted by Crippen LogP contribution is 2.11. The molecule has 1 aromatic rings. The van der Waals surface area contributed by atoms with Gasteiger partial charge in [-0.15, -0.1) is 0 Å². The zero-order valence-electron chi connectivity index (χ0n) is 7.83. The maximum absolute atomic E-state index is 11.4. The second-order valence-electron chi connectivity index (χ2n) is 3.06. The summed E-state index contributed by atoms with van der Waals surface area (Å²) in [6.45, 7) is 1.46. The minimum absolute atomic E-state index is 0.0274. The van der Waals surface area contributed by atoms with Crippen LogP contribution in [-0.4, -0.2) is 15.7 Å². The molecule has 0 fully saturated rings. The van der Waals surface area contributed by atoms with Gasteiger partial charge < -0.3 is 0 Å². The highest BCUT2D eigenvalue weighted by molar-refractivity contribution is 9.10. The molecule has 0 heterocycles. The quantitative estimate of drug-likeness (QED) is 0.844. The molecule has 1 atom stereocenters. The lowest BCUT2D eigenvalue weighted by Gasteiger charge is -2.00. The van der Waals surface area contributed by atoms with Crippen molar-refractivity contribution in [3.63, 3.8) is 0 Å². The van der Waals surface area contributed by atoms with Crippen molar-refractivity contribution in [3.05, 3.63) is 34.3 Å². The van der Waals surface area contributed by atoms with Crippen LogP contribution in [0.5, 0.6) is 0 Å². The molecule has 1 aromatic carbocycles. The van der Waals surface area contributed by atoms with Crippen LogP contribution in [0, 0.1) is 0 Å². The highest BCUT2D eigenvalue weighted by atomic mass is 79.9. The lowest BCUT2D eigenvalue weighted by atomic mass is 10.2. The van der Waals surface area contributed by atoms with E-state index in [1.165, 1.54) is 6.92 Å². The summed E-state index contributed by atoms with van der Waals surface area (Å²) in [6.07, 6.45) is 0. The van der Waals surface area contributed by atoms with Gasteiger partial charge in [0.1, 0.15) is 5.78 Å². The molecule has 76 valence electrons. The van der Waals surface area contributed by atoms with Crippen molar-refractivity contribution in [2.24, 2.45) is 0 Å². The minimum Gasteiger partial charge on any atom is -0.299 e. The molecular formula is C10H11BrO2S. The van der Waals surface area contributed by atoms with Crippen LogP contribution in [0.25, 0.3) is 0 Å². The largest absolute Gasteiger partial charge is 0.299 e. The van der Waals surface area contributed by atoms with E-state index in [0.717, 1.165) is 10.0 Å². The van der Waals surface area contributed by atoms with Gasteiger partial charge in [0.25, 0.3) is 0 Å². The first-order valence-electron chi connectivity index (χ1n) is 4.17. The zero-order valence-corrected chi connectivity index (χ0v) is 10.2. The normalized spacial score (nSPS) is 12.4. The number of carbonyl (C=O) groups excluding carboxylic acids is 1. The number of ketones is 1. The first kappa shape index (κ1) is 11.6. The number of carbonyl (C=O) groups is 1. The lowest BCUT2D eigenvalue weighted by molar-refractivity contribution is -0.114. The summed E-state index contributed by atoms with van der Waals surface area (Å²) in [5.41, 5.74) is 0.993. The predicted octanol–water partition coefficient (Wildman–Crippen LogP) is 2.29. The number of rotatable bonds is 4. The third-order valence-electron chi connectivity index (χ3n) is 1.61. The Hall–Kier alpha value is -0.480. The van der Waals surface area contributed by atoms with E-state index in [9.17, 15) is 9.00 Å². The Balaban J connectivity index is 2.56. The molecule has 4 heteroatoms. The summed E-state index contributed by atoms with van der Waals surface area (Å²) in [6, 6.07) is 7.62. The molecule has 0 N–H and O–H groups in total. The molecule has 0 spiro atoms. The number of benzene rings is 1. The van der Waals surface area contributed by atoms with Crippen molar-refractivity contribution < 1.29 is 9.00 Å². The topological polar surface area (TPSA) is 34.1 Å². The Morgan fingerprint density at radius 1 is 1.36 bits per heavy atom. The summed E-state index contributed by atoms with van der Waals surface area (Å²) in [7, 11) is -1.07. The first-order valence-corrected chi connectivity index (χ1v) is 6.45. The van der Waals surface area contributed by atoms with Crippen LogP contribution in [0.2, 0.25) is 0 Å². The molecule has 0 amide bonds. The van der Waals surface area contributed by atoms with Gasteiger partial charge in [-0.2, -0.15) is 0 Å². The predicted molar refractivity (Wildman–Crippen MR) is 61.5 cm³/mol. The van der Waals surface area contributed by atoms with Crippen LogP contribution in [0.3, 0.4) is 0 Å². The van der Waals surface area contributed by atoms with Gasteiger partial charge in [0.15, 0.2) is 0 Å². The molecular weight excluding hydrogens is 264 g/mol. The monoisotopic (exact) mass is 274 g/mol. The van der Waals surface area contributed by atoms with Gasteiger partial charge >= 0.3 is 0 Å². The Morgan fingerprint density at radius 3 is 2.43 bits per heavy atom. The van der Waals surface area contributed by atoms with Crippen molar-refractivity contribution in [3.8, 4) is 0 Å². The molecule has 0 bridgehead atoms. The number of halogens is 1. The van der Waals surface area contributed by atoms with E-state index in [1.54, 1.807) is 0 Å². The SMILES string of the molecule is CC(=O)C[S@@](=O)Cc1ccc(Br)cc1. The van der Waals surface area contributed by atoms with Gasteiger partial charge in [-0.25, -0.2) is 0 Å². The molecule has 0 unspecified atom stereocenters. The van der Waals surface area contributed by atoms with Gasteiger partial charge in [0.2, 0.25) is 0 Å². The number of Topliss-reactive ketones (excluding diaryl/α,β-unsaturated/α-hetero) is 1. The summed E-state index contributed by atoms with van der Waals surface area (Å²) < 4.78 is 12.4. The van der Waals surface area contributed by atoms with E-state index < -0.39 is 10.8 Å². The molecule has 0 aliphatic carbocycles. The fraction of sp³-hybridized carbons (Fsp3) is 0.300. The minimum atomic E-state index is -1.07. The maximum atomic E-state index is 11.4. The molecule has 14 heavy (non-hydrogen) atoms. The average Bonchev–Trinajstić information content (AvgIpc) is 2.07. The molecule has 0 aromatic heterocycles. The zero-order chi connectivity index (χ0) is 10.6. The van der Waals surface area contributed by atoms with Crippen LogP contribution < -0.4 is 0 Å². The van der Waals surface area contributed by atoms with Crippen LogP contribution in [0.4, 0.5) is 0 Å². The molecule has 1 rings (SSSR count). The van der Waals surface area contributed by atoms with Gasteiger partial charge in [0.05, 0.1) is 5.75 Å². The highest BCUT2D eigenvalue weighted by Gasteiger charge is 2.04. The number of hydrogen-bond acceptors (Lipinski definition) is 2. The van der Waals surface area contributed by atoms with E-state index in [4.69, 9.17) is 0 Å². The summed E-state index contributed by atoms with van der Waals surface area (Å²) >= 11 is 3.32. The van der Waals surface area contributed by atoms with Crippen molar-refractivity contribution in [1.29, 1.82) is 0 Å². The fourth-order valence-electron chi connectivity index (χ4n) is 1.04. The van der Waals surface area contributed by atoms with Crippen LogP contribution in [0.15, 0.2) is 28.7 Å². The Labute approximate surface area is 94.3 Å². The van der Waals surface area contributed by atoms with Crippen molar-refractivity contribution in [1.82, 2.24) is 0 Å². The smallest absolute Gasteiger partial charge is 0.142 e. The molecule has 0 saturated heterocycles. The van der Waals surface area contributed by atoms with Crippen LogP contribution in [0.1, 0.15) is 12.5 Å². The Kier molecular flexibility index (Phi) is 4.48. The molecule has 0 radical (unpaired) electrons. The third kappa shape index (κ3) is 4.15. The standard InChI is InChI=1S/C10H11BrO2S/c1-8(12)6-14(13)7-9-2-4-10(11)5-3-9/h2-5H,6-7H2,1H3/t14-/m1/s1. The fourth-order valence-corrected chi connectivity index (χ4v) is 2.43. The van der Waals surface area contributed by atoms with Gasteiger partial charge in [-0.3, -0.25) is 9.00 Å². The van der Waals surface area contributed by atoms with E-state index in [2.05, 4.69) is 15.9 Å². The van der Waals surface area contributed by atoms with E-state index >= 15 is 0 Å². The molecule has 0 saturated carbocycles. The van der Waals surface area contributed by atoms with Crippen molar-refractivity contribution >= 4 is 32.5 Å². The maximum Gasteiger partial charge on any atom is 0.142 e. The first-order chi connectivity index (χ1) is 6.58. The Morgan fingerprint density at radius 2 is 1.93 bits per heavy atom. The second-order valence-corrected chi connectivity index (χ2v) is 5.43. The summed E-state index contributed by atoms with van der Waals surface area (Å²) in [4.78, 5) is 10.7. The summed E-state index contributed by atoms with van der Waals surface area (Å²) in [5.74, 6) is 0.573. The van der Waals surface area contributed by atoms with Crippen molar-refractivity contribution in [2.75, 3.05) is 5.75 Å². The summed E-state index contributed by atoms with van der Waals surface area (Å²) in [5, 5.41) is 0.